The smallest absolute Gasteiger partial charge is 0.271 e. The number of anilines is 1. The van der Waals surface area contributed by atoms with Crippen LogP contribution < -0.4 is 5.43 Å². The summed E-state index contributed by atoms with van der Waals surface area (Å²) in [5.74, 6) is 0. The molecule has 2 rings (SSSR count). The van der Waals surface area contributed by atoms with Gasteiger partial charge in [0.1, 0.15) is 0 Å². The Bertz CT molecular complexity index is 593. The highest BCUT2D eigenvalue weighted by Crippen LogP contribution is 2.17. The molecule has 0 bridgehead atoms. The van der Waals surface area contributed by atoms with Gasteiger partial charge in [-0.1, -0.05) is 6.07 Å². The van der Waals surface area contributed by atoms with Crippen LogP contribution in [0.4, 0.5) is 11.4 Å². The van der Waals surface area contributed by atoms with Gasteiger partial charge in [0.15, 0.2) is 0 Å². The number of thiophene rings is 1. The topological polar surface area (TPSA) is 67.5 Å². The lowest BCUT2D eigenvalue weighted by Crippen LogP contribution is -1.92. The molecule has 1 aromatic heterocycles. The van der Waals surface area contributed by atoms with E-state index in [9.17, 15) is 10.1 Å². The van der Waals surface area contributed by atoms with Gasteiger partial charge in [0.05, 0.1) is 16.8 Å². The molecule has 0 unspecified atom stereocenters. The molecule has 0 saturated heterocycles. The molecule has 0 radical (unpaired) electrons. The van der Waals surface area contributed by atoms with Crippen LogP contribution in [0.3, 0.4) is 0 Å². The van der Waals surface area contributed by atoms with Crippen LogP contribution in [0.2, 0.25) is 0 Å². The largest absolute Gasteiger partial charge is 0.278 e. The number of benzene rings is 1. The van der Waals surface area contributed by atoms with Crippen molar-refractivity contribution in [2.24, 2.45) is 5.10 Å². The molecule has 0 aliphatic rings. The number of nitrogens with one attached hydrogen (secondary N) is 1. The van der Waals surface area contributed by atoms with E-state index in [1.165, 1.54) is 12.1 Å². The van der Waals surface area contributed by atoms with Gasteiger partial charge in [0.2, 0.25) is 0 Å². The molecule has 0 amide bonds. The predicted octanol–water partition coefficient (Wildman–Crippen LogP) is 3.41. The average Bonchev–Trinajstić information content (AvgIpc) is 2.76. The lowest BCUT2D eigenvalue weighted by Gasteiger charge is -1.99. The van der Waals surface area contributed by atoms with Gasteiger partial charge in [-0.05, 0) is 30.0 Å². The predicted molar refractivity (Wildman–Crippen MR) is 73.4 cm³/mol. The SMILES string of the molecule is Cc1ccsc1/C=N\Nc1cccc([N+](=O)[O-])c1. The Balaban J connectivity index is 2.06. The van der Waals surface area contributed by atoms with E-state index in [-0.39, 0.29) is 5.69 Å². The summed E-state index contributed by atoms with van der Waals surface area (Å²) >= 11 is 1.60. The standard InChI is InChI=1S/C12H11N3O2S/c1-9-5-6-18-12(9)8-13-14-10-3-2-4-11(7-10)15(16)17/h2-8,14H,1H3/b13-8-. The van der Waals surface area contributed by atoms with Crippen molar-refractivity contribution in [2.45, 2.75) is 6.92 Å². The summed E-state index contributed by atoms with van der Waals surface area (Å²) in [5.41, 5.74) is 4.57. The van der Waals surface area contributed by atoms with E-state index < -0.39 is 4.92 Å². The second-order valence-corrected chi connectivity index (χ2v) is 4.59. The van der Waals surface area contributed by atoms with E-state index >= 15 is 0 Å². The number of hydrogen-bond donors (Lipinski definition) is 1. The van der Waals surface area contributed by atoms with Crippen LogP contribution in [0.25, 0.3) is 0 Å². The van der Waals surface area contributed by atoms with Crippen molar-refractivity contribution in [3.8, 4) is 0 Å². The molecule has 2 aromatic rings. The van der Waals surface area contributed by atoms with E-state index in [4.69, 9.17) is 0 Å². The third kappa shape index (κ3) is 2.92. The van der Waals surface area contributed by atoms with E-state index in [0.717, 1.165) is 10.4 Å². The van der Waals surface area contributed by atoms with Crippen LogP contribution >= 0.6 is 11.3 Å². The summed E-state index contributed by atoms with van der Waals surface area (Å²) in [6.45, 7) is 2.01. The van der Waals surface area contributed by atoms with E-state index in [1.807, 2.05) is 18.4 Å². The lowest BCUT2D eigenvalue weighted by atomic mass is 10.3. The highest BCUT2D eigenvalue weighted by Gasteiger charge is 2.04. The van der Waals surface area contributed by atoms with Crippen molar-refractivity contribution in [3.63, 3.8) is 0 Å². The van der Waals surface area contributed by atoms with Gasteiger partial charge in [0, 0.05) is 17.0 Å². The van der Waals surface area contributed by atoms with Crippen molar-refractivity contribution in [1.82, 2.24) is 0 Å². The van der Waals surface area contributed by atoms with E-state index in [2.05, 4.69) is 10.5 Å². The lowest BCUT2D eigenvalue weighted by molar-refractivity contribution is -0.384. The normalized spacial score (nSPS) is 10.7. The van der Waals surface area contributed by atoms with Gasteiger partial charge in [-0.15, -0.1) is 11.3 Å². The number of rotatable bonds is 4. The number of nitrogens with zero attached hydrogens (tertiary/aromatic N) is 2. The number of hydrogen-bond acceptors (Lipinski definition) is 5. The summed E-state index contributed by atoms with van der Waals surface area (Å²) in [4.78, 5) is 11.2. The summed E-state index contributed by atoms with van der Waals surface area (Å²) < 4.78 is 0. The third-order valence-corrected chi connectivity index (χ3v) is 3.29. The minimum atomic E-state index is -0.432. The molecular formula is C12H11N3O2S. The van der Waals surface area contributed by atoms with Gasteiger partial charge in [-0.25, -0.2) is 0 Å². The molecular weight excluding hydrogens is 250 g/mol. The Morgan fingerprint density at radius 2 is 2.28 bits per heavy atom. The van der Waals surface area contributed by atoms with E-state index in [0.29, 0.717) is 5.69 Å². The quantitative estimate of drug-likeness (QED) is 0.521. The van der Waals surface area contributed by atoms with Crippen molar-refractivity contribution >= 4 is 28.9 Å². The Hall–Kier alpha value is -2.21. The van der Waals surface area contributed by atoms with Crippen LogP contribution in [0.15, 0.2) is 40.8 Å². The van der Waals surface area contributed by atoms with Crippen LogP contribution in [0.5, 0.6) is 0 Å². The molecule has 0 fully saturated rings. The number of nitro benzene ring substituents is 1. The first-order chi connectivity index (χ1) is 8.66. The first-order valence-corrected chi connectivity index (χ1v) is 6.12. The zero-order chi connectivity index (χ0) is 13.0. The minimum Gasteiger partial charge on any atom is -0.278 e. The third-order valence-electron chi connectivity index (χ3n) is 2.33. The molecule has 92 valence electrons. The van der Waals surface area contributed by atoms with Gasteiger partial charge < -0.3 is 0 Å². The molecule has 0 spiro atoms. The van der Waals surface area contributed by atoms with Crippen LogP contribution in [0.1, 0.15) is 10.4 Å². The Morgan fingerprint density at radius 3 is 2.94 bits per heavy atom. The van der Waals surface area contributed by atoms with Crippen molar-refractivity contribution in [2.75, 3.05) is 5.43 Å². The monoisotopic (exact) mass is 261 g/mol. The van der Waals surface area contributed by atoms with Crippen molar-refractivity contribution in [1.29, 1.82) is 0 Å². The highest BCUT2D eigenvalue weighted by molar-refractivity contribution is 7.11. The van der Waals surface area contributed by atoms with Gasteiger partial charge in [-0.3, -0.25) is 15.5 Å². The zero-order valence-corrected chi connectivity index (χ0v) is 10.5. The molecule has 0 atom stereocenters. The van der Waals surface area contributed by atoms with Gasteiger partial charge in [-0.2, -0.15) is 5.10 Å². The fourth-order valence-electron chi connectivity index (χ4n) is 1.37. The molecule has 1 heterocycles. The Kier molecular flexibility index (Phi) is 3.69. The maximum atomic E-state index is 10.6. The number of non-ortho nitro benzene ring substituents is 1. The summed E-state index contributed by atoms with van der Waals surface area (Å²) in [5, 5.41) is 16.6. The fraction of sp³-hybridized carbons (Fsp3) is 0.0833. The average molecular weight is 261 g/mol. The van der Waals surface area contributed by atoms with Gasteiger partial charge >= 0.3 is 0 Å². The van der Waals surface area contributed by atoms with Crippen molar-refractivity contribution < 1.29 is 4.92 Å². The van der Waals surface area contributed by atoms with Gasteiger partial charge in [0.25, 0.3) is 5.69 Å². The minimum absolute atomic E-state index is 0.0440. The molecule has 1 N–H and O–H groups in total. The summed E-state index contributed by atoms with van der Waals surface area (Å²) in [6.07, 6.45) is 1.71. The molecule has 1 aromatic carbocycles. The second kappa shape index (κ2) is 5.42. The maximum absolute atomic E-state index is 10.6. The molecule has 5 nitrogen and oxygen atoms in total. The second-order valence-electron chi connectivity index (χ2n) is 3.65. The number of nitro groups is 1. The molecule has 0 saturated carbocycles. The number of hydrazone groups is 1. The highest BCUT2D eigenvalue weighted by atomic mass is 32.1. The zero-order valence-electron chi connectivity index (χ0n) is 9.66. The van der Waals surface area contributed by atoms with E-state index in [1.54, 1.807) is 29.7 Å². The van der Waals surface area contributed by atoms with Crippen LogP contribution in [0, 0.1) is 17.0 Å². The van der Waals surface area contributed by atoms with Crippen molar-refractivity contribution in [3.05, 3.63) is 56.3 Å². The molecule has 6 heteroatoms. The summed E-state index contributed by atoms with van der Waals surface area (Å²) in [6, 6.07) is 8.24. The maximum Gasteiger partial charge on any atom is 0.271 e. The number of aryl methyl sites for hydroxylation is 1. The first kappa shape index (κ1) is 12.3. The van der Waals surface area contributed by atoms with Crippen LogP contribution in [-0.2, 0) is 0 Å². The Morgan fingerprint density at radius 1 is 1.44 bits per heavy atom. The fourth-order valence-corrected chi connectivity index (χ4v) is 2.16. The Labute approximate surface area is 108 Å². The van der Waals surface area contributed by atoms with Crippen LogP contribution in [-0.4, -0.2) is 11.1 Å². The summed E-state index contributed by atoms with van der Waals surface area (Å²) in [7, 11) is 0. The first-order valence-electron chi connectivity index (χ1n) is 5.24. The molecule has 18 heavy (non-hydrogen) atoms. The molecule has 0 aliphatic heterocycles. The molecule has 0 aliphatic carbocycles.